The largest absolute Gasteiger partial charge is 0.484 e. The molecular weight excluding hydrogens is 795 g/mol. The SMILES string of the molecule is Cc1ccc(OCC(=O)N[C@H](CC2CC=CS2)C(=O)N[C@@H](Cc2ccc(-c3ccccc3)cc2)C(=O)N[C@H](CCc2ccccc2)C(=O)NCC(=O)NCCCC(=O)O)cc1. The quantitative estimate of drug-likeness (QED) is 0.0565. The van der Waals surface area contributed by atoms with E-state index in [2.05, 4.69) is 26.6 Å². The molecule has 1 aliphatic heterocycles. The van der Waals surface area contributed by atoms with Crippen LogP contribution < -0.4 is 31.3 Å². The van der Waals surface area contributed by atoms with Crippen LogP contribution in [0.25, 0.3) is 11.1 Å². The average molecular weight is 848 g/mol. The predicted octanol–water partition coefficient (Wildman–Crippen LogP) is 4.88. The molecule has 320 valence electrons. The van der Waals surface area contributed by atoms with E-state index in [9.17, 15) is 28.8 Å². The summed E-state index contributed by atoms with van der Waals surface area (Å²) in [6.07, 6.45) is 3.79. The summed E-state index contributed by atoms with van der Waals surface area (Å²) >= 11 is 1.56. The third-order valence-corrected chi connectivity index (χ3v) is 11.1. The number of aliphatic carboxylic acids is 1. The van der Waals surface area contributed by atoms with E-state index in [1.54, 1.807) is 23.9 Å². The van der Waals surface area contributed by atoms with Gasteiger partial charge in [0, 0.05) is 24.6 Å². The first-order chi connectivity index (χ1) is 29.5. The highest BCUT2D eigenvalue weighted by Crippen LogP contribution is 2.28. The number of carboxylic acids is 1. The number of nitrogens with one attached hydrogen (secondary N) is 5. The first kappa shape index (κ1) is 45.7. The Morgan fingerprint density at radius 1 is 0.705 bits per heavy atom. The maximum Gasteiger partial charge on any atom is 0.303 e. The molecule has 0 spiro atoms. The van der Waals surface area contributed by atoms with Crippen molar-refractivity contribution in [2.45, 2.75) is 75.2 Å². The molecule has 5 rings (SSSR count). The zero-order valence-corrected chi connectivity index (χ0v) is 35.0. The molecule has 0 saturated heterocycles. The van der Waals surface area contributed by atoms with Crippen LogP contribution in [-0.2, 0) is 41.6 Å². The Balaban J connectivity index is 1.34. The molecule has 14 heteroatoms. The fraction of sp³-hybridized carbons (Fsp3) is 0.319. The van der Waals surface area contributed by atoms with E-state index >= 15 is 0 Å². The highest BCUT2D eigenvalue weighted by Gasteiger charge is 2.32. The van der Waals surface area contributed by atoms with Gasteiger partial charge in [0.05, 0.1) is 6.54 Å². The van der Waals surface area contributed by atoms with Crippen molar-refractivity contribution in [3.05, 3.63) is 137 Å². The number of ether oxygens (including phenoxy) is 1. The van der Waals surface area contributed by atoms with E-state index in [0.717, 1.165) is 27.8 Å². The monoisotopic (exact) mass is 847 g/mol. The Kier molecular flexibility index (Phi) is 18.0. The van der Waals surface area contributed by atoms with Gasteiger partial charge in [0.25, 0.3) is 5.91 Å². The van der Waals surface area contributed by atoms with Gasteiger partial charge in [-0.25, -0.2) is 0 Å². The summed E-state index contributed by atoms with van der Waals surface area (Å²) in [5, 5.41) is 24.6. The summed E-state index contributed by atoms with van der Waals surface area (Å²) in [5.41, 5.74) is 4.70. The molecule has 0 bridgehead atoms. The van der Waals surface area contributed by atoms with E-state index in [1.165, 1.54) is 0 Å². The van der Waals surface area contributed by atoms with Crippen LogP contribution in [0.1, 0.15) is 48.8 Å². The molecule has 4 aromatic rings. The van der Waals surface area contributed by atoms with Crippen molar-refractivity contribution in [3.63, 3.8) is 0 Å². The zero-order chi connectivity index (χ0) is 43.4. The molecule has 1 unspecified atom stereocenters. The summed E-state index contributed by atoms with van der Waals surface area (Å²) in [6, 6.07) is 30.9. The molecule has 0 aromatic heterocycles. The van der Waals surface area contributed by atoms with Gasteiger partial charge >= 0.3 is 5.97 Å². The summed E-state index contributed by atoms with van der Waals surface area (Å²) in [6.45, 7) is 1.36. The minimum absolute atomic E-state index is 0.0207. The van der Waals surface area contributed by atoms with Crippen molar-refractivity contribution < 1.29 is 38.6 Å². The number of carboxylic acid groups (broad SMARTS) is 1. The van der Waals surface area contributed by atoms with E-state index in [0.29, 0.717) is 25.0 Å². The molecule has 13 nitrogen and oxygen atoms in total. The number of amides is 5. The molecule has 61 heavy (non-hydrogen) atoms. The van der Waals surface area contributed by atoms with Crippen LogP contribution in [0, 0.1) is 6.92 Å². The Morgan fingerprint density at radius 3 is 2.03 bits per heavy atom. The smallest absolute Gasteiger partial charge is 0.303 e. The lowest BCUT2D eigenvalue weighted by Crippen LogP contribution is -2.58. The van der Waals surface area contributed by atoms with Crippen LogP contribution in [0.15, 0.2) is 121 Å². The van der Waals surface area contributed by atoms with Crippen molar-refractivity contribution in [1.82, 2.24) is 26.6 Å². The Bertz CT molecular complexity index is 2090. The Morgan fingerprint density at radius 2 is 1.36 bits per heavy atom. The number of carbonyl (C=O) groups is 6. The van der Waals surface area contributed by atoms with Gasteiger partial charge in [0.15, 0.2) is 6.61 Å². The summed E-state index contributed by atoms with van der Waals surface area (Å²) in [7, 11) is 0. The van der Waals surface area contributed by atoms with Crippen LogP contribution in [0.3, 0.4) is 0 Å². The topological polar surface area (TPSA) is 192 Å². The van der Waals surface area contributed by atoms with Crippen molar-refractivity contribution >= 4 is 47.3 Å². The standard InChI is InChI=1S/C47H53N5O8S/c1-32-16-23-37(24-17-32)60-31-43(54)50-41(29-38-14-9-27-61-38)47(59)52-40(28-34-18-21-36(22-19-34)35-12-6-3-7-13-35)46(58)51-39(25-20-33-10-4-2-5-11-33)45(57)49-30-42(53)48-26-8-15-44(55)56/h2-7,9-13,16-19,21-24,27,38-41H,8,14-15,20,25-26,28-31H2,1H3,(H,48,53)(H,49,57)(H,50,54)(H,51,58)(H,52,59)(H,55,56)/t38?,39-,40+,41-/m1/s1. The van der Waals surface area contributed by atoms with Crippen molar-refractivity contribution in [3.8, 4) is 16.9 Å². The van der Waals surface area contributed by atoms with Gasteiger partial charge in [-0.15, -0.1) is 11.8 Å². The summed E-state index contributed by atoms with van der Waals surface area (Å²) < 4.78 is 5.69. The minimum atomic E-state index is -1.17. The van der Waals surface area contributed by atoms with Crippen LogP contribution in [0.5, 0.6) is 5.75 Å². The fourth-order valence-corrected chi connectivity index (χ4v) is 7.56. The summed E-state index contributed by atoms with van der Waals surface area (Å²) in [4.78, 5) is 78.9. The molecule has 0 aliphatic carbocycles. The van der Waals surface area contributed by atoms with Crippen LogP contribution in [-0.4, -0.2) is 83.7 Å². The average Bonchev–Trinajstić information content (AvgIpc) is 3.79. The van der Waals surface area contributed by atoms with Gasteiger partial charge in [-0.2, -0.15) is 0 Å². The lowest BCUT2D eigenvalue weighted by atomic mass is 9.99. The number of hydrogen-bond acceptors (Lipinski definition) is 8. The van der Waals surface area contributed by atoms with Gasteiger partial charge < -0.3 is 36.4 Å². The number of aryl methyl sites for hydroxylation is 2. The predicted molar refractivity (Wildman–Crippen MR) is 235 cm³/mol. The number of thioether (sulfide) groups is 1. The molecule has 1 aliphatic rings. The second-order valence-electron chi connectivity index (χ2n) is 14.8. The number of benzene rings is 4. The number of hydrogen-bond donors (Lipinski definition) is 6. The lowest BCUT2D eigenvalue weighted by Gasteiger charge is -2.26. The van der Waals surface area contributed by atoms with Crippen LogP contribution in [0.4, 0.5) is 0 Å². The van der Waals surface area contributed by atoms with E-state index < -0.39 is 53.6 Å². The van der Waals surface area contributed by atoms with Gasteiger partial charge in [0.2, 0.25) is 23.6 Å². The first-order valence-electron chi connectivity index (χ1n) is 20.4. The maximum absolute atomic E-state index is 14.4. The molecule has 0 fully saturated rings. The lowest BCUT2D eigenvalue weighted by molar-refractivity contribution is -0.137. The molecular formula is C47H53N5O8S. The molecule has 4 atom stereocenters. The third kappa shape index (κ3) is 15.9. The van der Waals surface area contributed by atoms with Crippen molar-refractivity contribution in [1.29, 1.82) is 0 Å². The highest BCUT2D eigenvalue weighted by molar-refractivity contribution is 8.03. The summed E-state index contributed by atoms with van der Waals surface area (Å²) in [5.74, 6) is -3.28. The van der Waals surface area contributed by atoms with Crippen LogP contribution >= 0.6 is 11.8 Å². The number of allylic oxidation sites excluding steroid dienone is 1. The molecule has 4 aromatic carbocycles. The zero-order valence-electron chi connectivity index (χ0n) is 34.1. The maximum atomic E-state index is 14.4. The molecule has 1 heterocycles. The van der Waals surface area contributed by atoms with Crippen molar-refractivity contribution in [2.24, 2.45) is 0 Å². The normalized spacial score (nSPS) is 14.5. The number of rotatable bonds is 23. The highest BCUT2D eigenvalue weighted by atomic mass is 32.2. The van der Waals surface area contributed by atoms with Crippen LogP contribution in [0.2, 0.25) is 0 Å². The molecule has 5 amide bonds. The van der Waals surface area contributed by atoms with E-state index in [-0.39, 0.29) is 50.6 Å². The van der Waals surface area contributed by atoms with Gasteiger partial charge in [-0.05, 0) is 78.8 Å². The molecule has 6 N–H and O–H groups in total. The second kappa shape index (κ2) is 24.0. The molecule has 0 saturated carbocycles. The Labute approximate surface area is 360 Å². The van der Waals surface area contributed by atoms with Gasteiger partial charge in [0.1, 0.15) is 23.9 Å². The van der Waals surface area contributed by atoms with Crippen molar-refractivity contribution in [2.75, 3.05) is 19.7 Å². The fourth-order valence-electron chi connectivity index (χ4n) is 6.59. The second-order valence-corrected chi connectivity index (χ2v) is 16.0. The van der Waals surface area contributed by atoms with Gasteiger partial charge in [-0.1, -0.05) is 109 Å². The first-order valence-corrected chi connectivity index (χ1v) is 21.3. The van der Waals surface area contributed by atoms with E-state index in [4.69, 9.17) is 9.84 Å². The molecule has 0 radical (unpaired) electrons. The van der Waals surface area contributed by atoms with E-state index in [1.807, 2.05) is 115 Å². The number of carbonyl (C=O) groups excluding carboxylic acids is 5. The third-order valence-electron chi connectivity index (χ3n) is 9.95. The Hall–Kier alpha value is -6.41. The van der Waals surface area contributed by atoms with Gasteiger partial charge in [-0.3, -0.25) is 28.8 Å². The minimum Gasteiger partial charge on any atom is -0.484 e.